The molecule has 0 unspecified atom stereocenters. The van der Waals surface area contributed by atoms with Gasteiger partial charge in [-0.25, -0.2) is 0 Å². The zero-order chi connectivity index (χ0) is 16.6. The zero-order valence-electron chi connectivity index (χ0n) is 12.4. The zero-order valence-corrected chi connectivity index (χ0v) is 14.7. The van der Waals surface area contributed by atoms with Crippen LogP contribution in [0.3, 0.4) is 0 Å². The number of amides is 1. The van der Waals surface area contributed by atoms with Crippen LogP contribution in [0.5, 0.6) is 0 Å². The molecule has 0 aliphatic heterocycles. The van der Waals surface area contributed by atoms with Crippen molar-refractivity contribution in [2.45, 2.75) is 25.3 Å². The number of nitrogens with zero attached hydrogens (tertiary/aromatic N) is 1. The van der Waals surface area contributed by atoms with Crippen LogP contribution in [0.1, 0.15) is 36.6 Å². The molecule has 0 bridgehead atoms. The van der Waals surface area contributed by atoms with Crippen molar-refractivity contribution in [3.05, 3.63) is 62.9 Å². The molecule has 1 heterocycles. The quantitative estimate of drug-likeness (QED) is 0.822. The molecule has 2 aromatic rings. The van der Waals surface area contributed by atoms with Crippen molar-refractivity contribution in [2.75, 3.05) is 0 Å². The van der Waals surface area contributed by atoms with Gasteiger partial charge in [-0.2, -0.15) is 0 Å². The summed E-state index contributed by atoms with van der Waals surface area (Å²) in [5.74, 6) is 0.124. The minimum Gasteiger partial charge on any atom is -0.348 e. The summed E-state index contributed by atoms with van der Waals surface area (Å²) in [5, 5.41) is 4.79. The van der Waals surface area contributed by atoms with Gasteiger partial charge >= 0.3 is 0 Å². The first-order chi connectivity index (χ1) is 11.0. The van der Waals surface area contributed by atoms with Gasteiger partial charge in [-0.1, -0.05) is 40.9 Å². The van der Waals surface area contributed by atoms with E-state index in [4.69, 9.17) is 34.8 Å². The molecule has 3 nitrogen and oxygen atoms in total. The van der Waals surface area contributed by atoms with Crippen LogP contribution in [-0.4, -0.2) is 10.9 Å². The highest BCUT2D eigenvalue weighted by Crippen LogP contribution is 2.50. The number of benzene rings is 1. The predicted molar refractivity (Wildman–Crippen MR) is 93.1 cm³/mol. The first kappa shape index (κ1) is 16.6. The molecule has 23 heavy (non-hydrogen) atoms. The Morgan fingerprint density at radius 1 is 1.22 bits per heavy atom. The van der Waals surface area contributed by atoms with E-state index in [1.807, 2.05) is 19.1 Å². The monoisotopic (exact) mass is 368 g/mol. The van der Waals surface area contributed by atoms with E-state index in [1.54, 1.807) is 24.4 Å². The molecule has 3 rings (SSSR count). The minimum absolute atomic E-state index is 0.0188. The van der Waals surface area contributed by atoms with E-state index in [1.165, 1.54) is 0 Å². The highest BCUT2D eigenvalue weighted by molar-refractivity contribution is 6.35. The Morgan fingerprint density at radius 3 is 2.61 bits per heavy atom. The van der Waals surface area contributed by atoms with Gasteiger partial charge in [0.15, 0.2) is 0 Å². The van der Waals surface area contributed by atoms with Crippen LogP contribution >= 0.6 is 34.8 Å². The largest absolute Gasteiger partial charge is 0.348 e. The molecule has 1 aromatic carbocycles. The molecule has 120 valence electrons. The lowest BCUT2D eigenvalue weighted by atomic mass is 10.1. The molecule has 1 saturated carbocycles. The molecule has 0 saturated heterocycles. The summed E-state index contributed by atoms with van der Waals surface area (Å²) < 4.78 is 0. The van der Waals surface area contributed by atoms with Crippen molar-refractivity contribution < 1.29 is 4.79 Å². The van der Waals surface area contributed by atoms with Crippen LogP contribution in [0.4, 0.5) is 0 Å². The molecule has 1 fully saturated rings. The molecule has 0 radical (unpaired) electrons. The van der Waals surface area contributed by atoms with Crippen molar-refractivity contribution in [3.8, 4) is 0 Å². The highest BCUT2D eigenvalue weighted by Gasteiger charge is 2.45. The van der Waals surface area contributed by atoms with Gasteiger partial charge in [-0.15, -0.1) is 0 Å². The molecule has 1 aliphatic carbocycles. The van der Waals surface area contributed by atoms with Gasteiger partial charge in [0, 0.05) is 22.2 Å². The van der Waals surface area contributed by atoms with Gasteiger partial charge in [0.25, 0.3) is 0 Å². The molecular formula is C17H15Cl3N2O. The molecule has 1 aliphatic rings. The summed E-state index contributed by atoms with van der Waals surface area (Å²) in [5.41, 5.74) is 1.76. The van der Waals surface area contributed by atoms with Crippen molar-refractivity contribution in [2.24, 2.45) is 5.92 Å². The lowest BCUT2D eigenvalue weighted by Gasteiger charge is -2.13. The fraction of sp³-hybridized carbons (Fsp3) is 0.294. The second-order valence-electron chi connectivity index (χ2n) is 5.75. The Labute approximate surface area is 150 Å². The van der Waals surface area contributed by atoms with Gasteiger partial charge in [-0.05, 0) is 49.1 Å². The maximum atomic E-state index is 12.4. The summed E-state index contributed by atoms with van der Waals surface area (Å²) in [6, 6.07) is 8.82. The van der Waals surface area contributed by atoms with E-state index in [-0.39, 0.29) is 23.8 Å². The fourth-order valence-electron chi connectivity index (χ4n) is 2.67. The lowest BCUT2D eigenvalue weighted by molar-refractivity contribution is -0.123. The molecule has 1 amide bonds. The summed E-state index contributed by atoms with van der Waals surface area (Å²) in [6.07, 6.45) is 2.38. The third-order valence-electron chi connectivity index (χ3n) is 4.04. The van der Waals surface area contributed by atoms with Gasteiger partial charge in [0.1, 0.15) is 0 Å². The van der Waals surface area contributed by atoms with E-state index < -0.39 is 0 Å². The number of pyridine rings is 1. The lowest BCUT2D eigenvalue weighted by Crippen LogP contribution is -2.28. The van der Waals surface area contributed by atoms with Gasteiger partial charge in [0.2, 0.25) is 5.91 Å². The van der Waals surface area contributed by atoms with E-state index in [0.717, 1.165) is 17.7 Å². The molecule has 1 aromatic heterocycles. The van der Waals surface area contributed by atoms with E-state index in [0.29, 0.717) is 15.1 Å². The summed E-state index contributed by atoms with van der Waals surface area (Å²) in [7, 11) is 0. The van der Waals surface area contributed by atoms with Crippen LogP contribution in [0.15, 0.2) is 36.5 Å². The minimum atomic E-state index is -0.165. The maximum absolute atomic E-state index is 12.4. The molecule has 3 atom stereocenters. The SMILES string of the molecule is C[C@@H](NC(=O)[C@@H]1C[C@H]1c1ccc(Cl)cc1Cl)c1ccc(Cl)cn1. The highest BCUT2D eigenvalue weighted by atomic mass is 35.5. The third kappa shape index (κ3) is 3.79. The van der Waals surface area contributed by atoms with E-state index in [9.17, 15) is 4.79 Å². The molecular weight excluding hydrogens is 355 g/mol. The standard InChI is InChI=1S/C17H15Cl3N2O/c1-9(16-5-3-11(19)8-21-16)22-17(23)14-7-13(14)12-4-2-10(18)6-15(12)20/h2-6,8-9,13-14H,7H2,1H3,(H,22,23)/t9-,13+,14-/m1/s1. The topological polar surface area (TPSA) is 42.0 Å². The smallest absolute Gasteiger partial charge is 0.224 e. The number of carbonyl (C=O) groups excluding carboxylic acids is 1. The summed E-state index contributed by atoms with van der Waals surface area (Å²) in [6.45, 7) is 1.90. The third-order valence-corrected chi connectivity index (χ3v) is 4.83. The number of aromatic nitrogens is 1. The van der Waals surface area contributed by atoms with Gasteiger partial charge in [-0.3, -0.25) is 9.78 Å². The van der Waals surface area contributed by atoms with Crippen LogP contribution in [-0.2, 0) is 4.79 Å². The van der Waals surface area contributed by atoms with Crippen LogP contribution in [0.2, 0.25) is 15.1 Å². The first-order valence-corrected chi connectivity index (χ1v) is 8.46. The number of nitrogens with one attached hydrogen (secondary N) is 1. The van der Waals surface area contributed by atoms with Crippen molar-refractivity contribution in [1.82, 2.24) is 10.3 Å². The molecule has 1 N–H and O–H groups in total. The second-order valence-corrected chi connectivity index (χ2v) is 7.03. The van der Waals surface area contributed by atoms with Crippen LogP contribution in [0.25, 0.3) is 0 Å². The number of hydrogen-bond donors (Lipinski definition) is 1. The normalized spacial score (nSPS) is 20.9. The first-order valence-electron chi connectivity index (χ1n) is 7.32. The molecule has 6 heteroatoms. The Morgan fingerprint density at radius 2 is 1.96 bits per heavy atom. The van der Waals surface area contributed by atoms with Crippen molar-refractivity contribution in [1.29, 1.82) is 0 Å². The summed E-state index contributed by atoms with van der Waals surface area (Å²) in [4.78, 5) is 16.6. The number of rotatable bonds is 4. The maximum Gasteiger partial charge on any atom is 0.224 e. The average molecular weight is 370 g/mol. The van der Waals surface area contributed by atoms with Crippen molar-refractivity contribution in [3.63, 3.8) is 0 Å². The second kappa shape index (κ2) is 6.68. The van der Waals surface area contributed by atoms with Crippen molar-refractivity contribution >= 4 is 40.7 Å². The van der Waals surface area contributed by atoms with Crippen LogP contribution < -0.4 is 5.32 Å². The van der Waals surface area contributed by atoms with Gasteiger partial charge in [0.05, 0.1) is 16.8 Å². The molecule has 0 spiro atoms. The Kier molecular flexibility index (Phi) is 4.81. The van der Waals surface area contributed by atoms with Crippen LogP contribution in [0, 0.1) is 5.92 Å². The fourth-order valence-corrected chi connectivity index (χ4v) is 3.33. The van der Waals surface area contributed by atoms with E-state index >= 15 is 0 Å². The summed E-state index contributed by atoms with van der Waals surface area (Å²) >= 11 is 17.9. The number of hydrogen-bond acceptors (Lipinski definition) is 2. The Hall–Kier alpha value is -1.29. The predicted octanol–water partition coefficient (Wildman–Crippen LogP) is 5.02. The Bertz CT molecular complexity index is 733. The van der Waals surface area contributed by atoms with Gasteiger partial charge < -0.3 is 5.32 Å². The number of halogens is 3. The Balaban J connectivity index is 1.63. The van der Waals surface area contributed by atoms with E-state index in [2.05, 4.69) is 10.3 Å². The number of carbonyl (C=O) groups is 1. The average Bonchev–Trinajstić information content (AvgIpc) is 3.28.